The maximum Gasteiger partial charge on any atom is 0.255 e. The standard InChI is InChI=1S/C19H16N4O3/c24-16-8-9-17(25)23(16)11-12-4-6-13(7-5-12)19(26)21-15-3-1-2-14-10-20-22-18(14)15/h1-7,10H,8-9,11H2,(H,20,22)(H,21,26). The number of carbonyl (C=O) groups excluding carboxylic acids is 3. The van der Waals surface area contributed by atoms with E-state index >= 15 is 0 Å². The number of anilines is 1. The minimum absolute atomic E-state index is 0.149. The van der Waals surface area contributed by atoms with E-state index in [1.807, 2.05) is 12.1 Å². The molecule has 4 rings (SSSR count). The van der Waals surface area contributed by atoms with Crippen LogP contribution in [0.1, 0.15) is 28.8 Å². The van der Waals surface area contributed by atoms with Crippen LogP contribution in [0.3, 0.4) is 0 Å². The normalized spacial score (nSPS) is 14.2. The summed E-state index contributed by atoms with van der Waals surface area (Å²) in [7, 11) is 0. The van der Waals surface area contributed by atoms with Gasteiger partial charge in [0.1, 0.15) is 0 Å². The van der Waals surface area contributed by atoms with Gasteiger partial charge in [0.15, 0.2) is 0 Å². The molecule has 2 N–H and O–H groups in total. The lowest BCUT2D eigenvalue weighted by atomic mass is 10.1. The summed E-state index contributed by atoms with van der Waals surface area (Å²) in [5, 5.41) is 10.6. The predicted octanol–water partition coefficient (Wildman–Crippen LogP) is 2.46. The van der Waals surface area contributed by atoms with Crippen LogP contribution in [0.15, 0.2) is 48.7 Å². The number of aromatic nitrogens is 2. The average molecular weight is 348 g/mol. The fraction of sp³-hybridized carbons (Fsp3) is 0.158. The highest BCUT2D eigenvalue weighted by molar-refractivity contribution is 6.08. The van der Waals surface area contributed by atoms with Crippen molar-refractivity contribution in [3.8, 4) is 0 Å². The molecule has 1 saturated heterocycles. The third-order valence-electron chi connectivity index (χ3n) is 4.44. The van der Waals surface area contributed by atoms with Crippen LogP contribution in [0.5, 0.6) is 0 Å². The van der Waals surface area contributed by atoms with Gasteiger partial charge in [-0.25, -0.2) is 0 Å². The van der Waals surface area contributed by atoms with Gasteiger partial charge in [0.2, 0.25) is 11.8 Å². The molecule has 1 fully saturated rings. The number of nitrogens with zero attached hydrogens (tertiary/aromatic N) is 2. The predicted molar refractivity (Wildman–Crippen MR) is 95.3 cm³/mol. The SMILES string of the molecule is O=C(Nc1cccc2cn[nH]c12)c1ccc(CN2C(=O)CCC2=O)cc1. The Bertz CT molecular complexity index is 991. The van der Waals surface area contributed by atoms with Gasteiger partial charge in [-0.3, -0.25) is 24.4 Å². The van der Waals surface area contributed by atoms with Gasteiger partial charge < -0.3 is 5.32 Å². The highest BCUT2D eigenvalue weighted by Gasteiger charge is 2.28. The van der Waals surface area contributed by atoms with Gasteiger partial charge in [0.05, 0.1) is 23.9 Å². The Morgan fingerprint density at radius 3 is 2.54 bits per heavy atom. The van der Waals surface area contributed by atoms with Gasteiger partial charge in [-0.15, -0.1) is 0 Å². The summed E-state index contributed by atoms with van der Waals surface area (Å²) >= 11 is 0. The highest BCUT2D eigenvalue weighted by atomic mass is 16.2. The number of aromatic amines is 1. The molecule has 26 heavy (non-hydrogen) atoms. The molecule has 3 amide bonds. The van der Waals surface area contributed by atoms with Crippen LogP contribution in [0.2, 0.25) is 0 Å². The first kappa shape index (κ1) is 16.0. The number of nitrogens with one attached hydrogen (secondary N) is 2. The van der Waals surface area contributed by atoms with E-state index < -0.39 is 0 Å². The second-order valence-corrected chi connectivity index (χ2v) is 6.16. The van der Waals surface area contributed by atoms with E-state index in [9.17, 15) is 14.4 Å². The van der Waals surface area contributed by atoms with E-state index in [-0.39, 0.29) is 37.1 Å². The van der Waals surface area contributed by atoms with Crippen molar-refractivity contribution >= 4 is 34.3 Å². The lowest BCUT2D eigenvalue weighted by Gasteiger charge is -2.14. The van der Waals surface area contributed by atoms with E-state index in [4.69, 9.17) is 0 Å². The molecule has 1 aliphatic rings. The van der Waals surface area contributed by atoms with Crippen molar-refractivity contribution in [1.29, 1.82) is 0 Å². The monoisotopic (exact) mass is 348 g/mol. The number of likely N-dealkylation sites (tertiary alicyclic amines) is 1. The zero-order valence-corrected chi connectivity index (χ0v) is 13.9. The molecule has 0 bridgehead atoms. The van der Waals surface area contributed by atoms with Gasteiger partial charge >= 0.3 is 0 Å². The summed E-state index contributed by atoms with van der Waals surface area (Å²) < 4.78 is 0. The molecule has 0 radical (unpaired) electrons. The second-order valence-electron chi connectivity index (χ2n) is 6.16. The first-order valence-electron chi connectivity index (χ1n) is 8.27. The van der Waals surface area contributed by atoms with Crippen molar-refractivity contribution in [1.82, 2.24) is 15.1 Å². The number of imide groups is 1. The fourth-order valence-corrected chi connectivity index (χ4v) is 3.01. The number of benzene rings is 2. The summed E-state index contributed by atoms with van der Waals surface area (Å²) in [5.41, 5.74) is 2.72. The fourth-order valence-electron chi connectivity index (χ4n) is 3.01. The van der Waals surface area contributed by atoms with Crippen molar-refractivity contribution in [3.63, 3.8) is 0 Å². The largest absolute Gasteiger partial charge is 0.320 e. The van der Waals surface area contributed by atoms with E-state index in [1.165, 1.54) is 4.90 Å². The van der Waals surface area contributed by atoms with E-state index in [2.05, 4.69) is 15.5 Å². The van der Waals surface area contributed by atoms with Crippen molar-refractivity contribution in [2.45, 2.75) is 19.4 Å². The van der Waals surface area contributed by atoms with E-state index in [1.54, 1.807) is 36.5 Å². The summed E-state index contributed by atoms with van der Waals surface area (Å²) in [6.07, 6.45) is 2.25. The highest BCUT2D eigenvalue weighted by Crippen LogP contribution is 2.21. The number of hydrogen-bond donors (Lipinski definition) is 2. The summed E-state index contributed by atoms with van der Waals surface area (Å²) in [5.74, 6) is -0.541. The van der Waals surface area contributed by atoms with Gasteiger partial charge in [-0.05, 0) is 23.8 Å². The van der Waals surface area contributed by atoms with Crippen LogP contribution in [-0.2, 0) is 16.1 Å². The molecule has 1 aromatic heterocycles. The summed E-state index contributed by atoms with van der Waals surface area (Å²) in [6, 6.07) is 12.4. The lowest BCUT2D eigenvalue weighted by Crippen LogP contribution is -2.28. The zero-order chi connectivity index (χ0) is 18.1. The van der Waals surface area contributed by atoms with Gasteiger partial charge in [0, 0.05) is 23.8 Å². The first-order valence-corrected chi connectivity index (χ1v) is 8.27. The molecule has 7 nitrogen and oxygen atoms in total. The summed E-state index contributed by atoms with van der Waals surface area (Å²) in [4.78, 5) is 37.1. The molecule has 3 aromatic rings. The number of H-pyrrole nitrogens is 1. The topological polar surface area (TPSA) is 95.2 Å². The smallest absolute Gasteiger partial charge is 0.255 e. The van der Waals surface area contributed by atoms with Crippen molar-refractivity contribution in [3.05, 3.63) is 59.8 Å². The number of fused-ring (bicyclic) bond motifs is 1. The Labute approximate surface area is 149 Å². The third-order valence-corrected chi connectivity index (χ3v) is 4.44. The molecule has 1 aliphatic heterocycles. The Hall–Kier alpha value is -3.48. The van der Waals surface area contributed by atoms with Gasteiger partial charge in [0.25, 0.3) is 5.91 Å². The molecular weight excluding hydrogens is 332 g/mol. The molecule has 0 saturated carbocycles. The molecule has 130 valence electrons. The van der Waals surface area contributed by atoms with Crippen LogP contribution in [0, 0.1) is 0 Å². The quantitative estimate of drug-likeness (QED) is 0.708. The number of hydrogen-bond acceptors (Lipinski definition) is 4. The Kier molecular flexibility index (Phi) is 3.96. The molecule has 0 aliphatic carbocycles. The van der Waals surface area contributed by atoms with Gasteiger partial charge in [-0.1, -0.05) is 24.3 Å². The molecule has 0 spiro atoms. The summed E-state index contributed by atoms with van der Waals surface area (Å²) in [6.45, 7) is 0.243. The van der Waals surface area contributed by atoms with Crippen molar-refractivity contribution in [2.75, 3.05) is 5.32 Å². The van der Waals surface area contributed by atoms with Crippen molar-refractivity contribution in [2.24, 2.45) is 0 Å². The van der Waals surface area contributed by atoms with Gasteiger partial charge in [-0.2, -0.15) is 5.10 Å². The average Bonchev–Trinajstić information content (AvgIpc) is 3.25. The Balaban J connectivity index is 1.48. The molecule has 7 heteroatoms. The molecule has 2 heterocycles. The third kappa shape index (κ3) is 2.95. The Morgan fingerprint density at radius 1 is 1.08 bits per heavy atom. The number of para-hydroxylation sites is 1. The Morgan fingerprint density at radius 2 is 1.81 bits per heavy atom. The first-order chi connectivity index (χ1) is 12.6. The van der Waals surface area contributed by atoms with Crippen LogP contribution in [-0.4, -0.2) is 32.8 Å². The minimum Gasteiger partial charge on any atom is -0.320 e. The minimum atomic E-state index is -0.244. The van der Waals surface area contributed by atoms with Crippen LogP contribution >= 0.6 is 0 Å². The van der Waals surface area contributed by atoms with E-state index in [0.717, 1.165) is 16.5 Å². The molecule has 0 atom stereocenters. The number of rotatable bonds is 4. The maximum atomic E-state index is 12.5. The zero-order valence-electron chi connectivity index (χ0n) is 13.9. The van der Waals surface area contributed by atoms with Crippen molar-refractivity contribution < 1.29 is 14.4 Å². The number of carbonyl (C=O) groups is 3. The molecular formula is C19H16N4O3. The van der Waals surface area contributed by atoms with Crippen LogP contribution in [0.4, 0.5) is 5.69 Å². The number of amides is 3. The lowest BCUT2D eigenvalue weighted by molar-refractivity contribution is -0.139. The molecule has 0 unspecified atom stereocenters. The van der Waals surface area contributed by atoms with Crippen LogP contribution < -0.4 is 5.32 Å². The maximum absolute atomic E-state index is 12.5. The van der Waals surface area contributed by atoms with Crippen LogP contribution in [0.25, 0.3) is 10.9 Å². The van der Waals surface area contributed by atoms with E-state index in [0.29, 0.717) is 11.3 Å². The second kappa shape index (κ2) is 6.44. The molecule has 2 aromatic carbocycles.